The van der Waals surface area contributed by atoms with Gasteiger partial charge in [-0.2, -0.15) is 11.3 Å². The van der Waals surface area contributed by atoms with Gasteiger partial charge >= 0.3 is 5.97 Å². The van der Waals surface area contributed by atoms with Gasteiger partial charge in [-0.25, -0.2) is 4.98 Å². The first kappa shape index (κ1) is 18.3. The van der Waals surface area contributed by atoms with Gasteiger partial charge in [0.1, 0.15) is 5.01 Å². The van der Waals surface area contributed by atoms with Crippen LogP contribution in [0.15, 0.2) is 46.5 Å². The summed E-state index contributed by atoms with van der Waals surface area (Å²) in [6, 6.07) is 9.56. The number of ether oxygens (including phenoxy) is 1. The first-order valence-corrected chi connectivity index (χ1v) is 9.98. The summed E-state index contributed by atoms with van der Waals surface area (Å²) in [6.45, 7) is 1.71. The number of aryl methyl sites for hydroxylation is 1. The van der Waals surface area contributed by atoms with Gasteiger partial charge in [-0.15, -0.1) is 11.3 Å². The number of nitrogens with zero attached hydrogens (tertiary/aromatic N) is 1. The Hall–Kier alpha value is -2.51. The summed E-state index contributed by atoms with van der Waals surface area (Å²) in [5.41, 5.74) is 3.48. The molecule has 3 rings (SSSR count). The molecule has 5 nitrogen and oxygen atoms in total. The summed E-state index contributed by atoms with van der Waals surface area (Å²) in [5.74, 6) is -0.817. The Morgan fingerprint density at radius 2 is 2.04 bits per heavy atom. The molecule has 3 aromatic rings. The molecule has 1 N–H and O–H groups in total. The third-order valence-electron chi connectivity index (χ3n) is 3.68. The fraction of sp³-hybridized carbons (Fsp3) is 0.211. The molecule has 2 heterocycles. The molecule has 0 radical (unpaired) electrons. The Morgan fingerprint density at radius 1 is 1.19 bits per heavy atom. The van der Waals surface area contributed by atoms with Crippen LogP contribution in [0.3, 0.4) is 0 Å². The molecule has 0 unspecified atom stereocenters. The molecule has 0 bridgehead atoms. The van der Waals surface area contributed by atoms with Crippen LogP contribution >= 0.6 is 22.7 Å². The third-order valence-corrected chi connectivity index (χ3v) is 5.31. The number of carbonyl (C=O) groups excluding carboxylic acids is 2. The van der Waals surface area contributed by atoms with Gasteiger partial charge in [0.05, 0.1) is 12.1 Å². The smallest absolute Gasteiger partial charge is 0.312 e. The molecule has 0 aliphatic carbocycles. The van der Waals surface area contributed by atoms with Crippen molar-refractivity contribution in [2.24, 2.45) is 0 Å². The van der Waals surface area contributed by atoms with Gasteiger partial charge in [0.15, 0.2) is 6.61 Å². The van der Waals surface area contributed by atoms with Crippen LogP contribution in [0, 0.1) is 0 Å². The van der Waals surface area contributed by atoms with Gasteiger partial charge in [-0.05, 0) is 29.5 Å². The molecule has 0 fully saturated rings. The molecular formula is C19H18N2O3S2. The maximum atomic E-state index is 12.0. The molecule has 7 heteroatoms. The lowest BCUT2D eigenvalue weighted by Crippen LogP contribution is -2.22. The van der Waals surface area contributed by atoms with Crippen molar-refractivity contribution in [1.82, 2.24) is 4.98 Å². The van der Waals surface area contributed by atoms with Crippen molar-refractivity contribution in [3.05, 3.63) is 57.7 Å². The predicted molar refractivity (Wildman–Crippen MR) is 105 cm³/mol. The summed E-state index contributed by atoms with van der Waals surface area (Å²) in [7, 11) is 0. The van der Waals surface area contributed by atoms with E-state index >= 15 is 0 Å². The topological polar surface area (TPSA) is 68.3 Å². The molecule has 0 saturated carbocycles. The van der Waals surface area contributed by atoms with Crippen LogP contribution < -0.4 is 5.32 Å². The molecule has 2 aromatic heterocycles. The summed E-state index contributed by atoms with van der Waals surface area (Å²) >= 11 is 3.09. The van der Waals surface area contributed by atoms with Gasteiger partial charge in [0, 0.05) is 22.0 Å². The van der Waals surface area contributed by atoms with Crippen LogP contribution in [-0.4, -0.2) is 23.5 Å². The second-order valence-electron chi connectivity index (χ2n) is 5.55. The highest BCUT2D eigenvalue weighted by atomic mass is 32.1. The number of benzene rings is 1. The summed E-state index contributed by atoms with van der Waals surface area (Å²) in [5, 5.41) is 9.49. The maximum Gasteiger partial charge on any atom is 0.312 e. The van der Waals surface area contributed by atoms with Crippen molar-refractivity contribution in [2.45, 2.75) is 19.8 Å². The zero-order valence-corrected chi connectivity index (χ0v) is 15.9. The third kappa shape index (κ3) is 4.77. The number of amides is 1. The largest absolute Gasteiger partial charge is 0.455 e. The zero-order valence-electron chi connectivity index (χ0n) is 14.2. The van der Waals surface area contributed by atoms with Crippen molar-refractivity contribution in [1.29, 1.82) is 0 Å². The Kier molecular flexibility index (Phi) is 6.14. The van der Waals surface area contributed by atoms with Crippen molar-refractivity contribution < 1.29 is 14.3 Å². The van der Waals surface area contributed by atoms with Crippen molar-refractivity contribution in [3.8, 4) is 10.6 Å². The van der Waals surface area contributed by atoms with E-state index in [1.807, 2.05) is 53.4 Å². The number of nitrogens with one attached hydrogen (secondary N) is 1. The van der Waals surface area contributed by atoms with E-state index in [0.29, 0.717) is 5.69 Å². The van der Waals surface area contributed by atoms with Crippen LogP contribution in [0.25, 0.3) is 10.6 Å². The van der Waals surface area contributed by atoms with E-state index in [0.717, 1.165) is 28.2 Å². The fourth-order valence-corrected chi connectivity index (χ4v) is 3.92. The van der Waals surface area contributed by atoms with Gasteiger partial charge in [-0.3, -0.25) is 9.59 Å². The molecule has 1 aromatic carbocycles. The number of hydrogen-bond donors (Lipinski definition) is 1. The van der Waals surface area contributed by atoms with Gasteiger partial charge in [0.2, 0.25) is 0 Å². The Balaban J connectivity index is 1.49. The number of thiophene rings is 1. The number of thiazole rings is 1. The fourth-order valence-electron chi connectivity index (χ4n) is 2.39. The summed E-state index contributed by atoms with van der Waals surface area (Å²) in [4.78, 5) is 28.4. The molecule has 0 aliphatic heterocycles. The molecule has 1 amide bonds. The number of rotatable bonds is 7. The van der Waals surface area contributed by atoms with E-state index in [-0.39, 0.29) is 18.9 Å². The monoisotopic (exact) mass is 386 g/mol. The number of hydrogen-bond acceptors (Lipinski definition) is 6. The van der Waals surface area contributed by atoms with E-state index in [4.69, 9.17) is 4.74 Å². The number of aromatic nitrogens is 1. The minimum absolute atomic E-state index is 0.0550. The van der Waals surface area contributed by atoms with E-state index in [2.05, 4.69) is 10.3 Å². The number of esters is 1. The highest BCUT2D eigenvalue weighted by Gasteiger charge is 2.13. The van der Waals surface area contributed by atoms with Crippen molar-refractivity contribution >= 4 is 40.2 Å². The average Bonchev–Trinajstić information content (AvgIpc) is 3.32. The number of carbonyl (C=O) groups is 2. The molecule has 0 atom stereocenters. The maximum absolute atomic E-state index is 12.0. The van der Waals surface area contributed by atoms with E-state index in [1.54, 1.807) is 11.3 Å². The van der Waals surface area contributed by atoms with E-state index in [1.165, 1.54) is 11.3 Å². The first-order valence-electron chi connectivity index (χ1n) is 8.16. The van der Waals surface area contributed by atoms with E-state index < -0.39 is 5.97 Å². The van der Waals surface area contributed by atoms with Crippen LogP contribution in [0.2, 0.25) is 0 Å². The Morgan fingerprint density at radius 3 is 2.81 bits per heavy atom. The molecular weight excluding hydrogens is 368 g/mol. The quantitative estimate of drug-likeness (QED) is 0.619. The second kappa shape index (κ2) is 8.73. The van der Waals surface area contributed by atoms with Crippen molar-refractivity contribution in [3.63, 3.8) is 0 Å². The first-order chi connectivity index (χ1) is 12.7. The number of anilines is 1. The SMILES string of the molecule is CCc1ccccc1NC(=O)COC(=O)Cc1csc(-c2ccsc2)n1. The second-order valence-corrected chi connectivity index (χ2v) is 7.19. The van der Waals surface area contributed by atoms with Crippen LogP contribution in [0.5, 0.6) is 0 Å². The molecule has 0 saturated heterocycles. The Bertz CT molecular complexity index is 888. The van der Waals surface area contributed by atoms with Crippen LogP contribution in [0.1, 0.15) is 18.2 Å². The molecule has 0 aliphatic rings. The molecule has 26 heavy (non-hydrogen) atoms. The average molecular weight is 386 g/mol. The van der Waals surface area contributed by atoms with E-state index in [9.17, 15) is 9.59 Å². The minimum atomic E-state index is -0.467. The van der Waals surface area contributed by atoms with Gasteiger partial charge in [0.25, 0.3) is 5.91 Å². The Labute approximate surface area is 159 Å². The minimum Gasteiger partial charge on any atom is -0.455 e. The molecule has 134 valence electrons. The normalized spacial score (nSPS) is 10.5. The van der Waals surface area contributed by atoms with Gasteiger partial charge < -0.3 is 10.1 Å². The molecule has 0 spiro atoms. The highest BCUT2D eigenvalue weighted by Crippen LogP contribution is 2.25. The predicted octanol–water partition coefficient (Wildman–Crippen LogP) is 4.16. The number of para-hydroxylation sites is 1. The standard InChI is InChI=1S/C19H18N2O3S2/c1-2-13-5-3-4-6-16(13)21-17(22)10-24-18(23)9-15-12-26-19(20-15)14-7-8-25-11-14/h3-8,11-12H,2,9-10H2,1H3,(H,21,22). The lowest BCUT2D eigenvalue weighted by Gasteiger charge is -2.09. The zero-order chi connectivity index (χ0) is 18.4. The van der Waals surface area contributed by atoms with Crippen LogP contribution in [-0.2, 0) is 27.2 Å². The summed E-state index contributed by atoms with van der Waals surface area (Å²) in [6.07, 6.45) is 0.867. The summed E-state index contributed by atoms with van der Waals surface area (Å²) < 4.78 is 5.07. The van der Waals surface area contributed by atoms with Gasteiger partial charge in [-0.1, -0.05) is 25.1 Å². The van der Waals surface area contributed by atoms with Crippen molar-refractivity contribution in [2.75, 3.05) is 11.9 Å². The lowest BCUT2D eigenvalue weighted by atomic mass is 10.1. The lowest BCUT2D eigenvalue weighted by molar-refractivity contribution is -0.146. The highest BCUT2D eigenvalue weighted by molar-refractivity contribution is 7.14. The van der Waals surface area contributed by atoms with Crippen LogP contribution in [0.4, 0.5) is 5.69 Å².